The van der Waals surface area contributed by atoms with Gasteiger partial charge in [0.15, 0.2) is 4.34 Å². The molecule has 0 fully saturated rings. The van der Waals surface area contributed by atoms with Crippen LogP contribution >= 0.6 is 23.1 Å². The Labute approximate surface area is 109 Å². The number of anilines is 1. The van der Waals surface area contributed by atoms with Gasteiger partial charge in [-0.2, -0.15) is 0 Å². The summed E-state index contributed by atoms with van der Waals surface area (Å²) in [5, 5.41) is 17.5. The predicted octanol–water partition coefficient (Wildman–Crippen LogP) is 2.34. The van der Waals surface area contributed by atoms with Gasteiger partial charge in [0.25, 0.3) is 0 Å². The van der Waals surface area contributed by atoms with Gasteiger partial charge in [-0.1, -0.05) is 36.9 Å². The maximum Gasteiger partial charge on any atom is 0.313 e. The highest BCUT2D eigenvalue weighted by Crippen LogP contribution is 2.29. The van der Waals surface area contributed by atoms with Gasteiger partial charge in [-0.15, -0.1) is 10.2 Å². The van der Waals surface area contributed by atoms with Crippen LogP contribution in [0.4, 0.5) is 5.13 Å². The maximum atomic E-state index is 10.4. The van der Waals surface area contributed by atoms with E-state index in [1.165, 1.54) is 23.1 Å². The summed E-state index contributed by atoms with van der Waals surface area (Å²) < 4.78 is 0.709. The average Bonchev–Trinajstić information content (AvgIpc) is 2.76. The van der Waals surface area contributed by atoms with Gasteiger partial charge in [-0.25, -0.2) is 0 Å². The van der Waals surface area contributed by atoms with Crippen LogP contribution in [0.25, 0.3) is 0 Å². The van der Waals surface area contributed by atoms with Crippen molar-refractivity contribution in [1.29, 1.82) is 0 Å². The Kier molecular flexibility index (Phi) is 5.70. The molecular formula is C10H17N3O2S2. The zero-order valence-corrected chi connectivity index (χ0v) is 11.8. The van der Waals surface area contributed by atoms with E-state index in [-0.39, 0.29) is 5.75 Å². The van der Waals surface area contributed by atoms with Crippen molar-refractivity contribution >= 4 is 34.2 Å². The molecule has 0 bridgehead atoms. The van der Waals surface area contributed by atoms with Crippen molar-refractivity contribution in [2.45, 2.75) is 37.1 Å². The first-order valence-corrected chi connectivity index (χ1v) is 7.29. The second-order valence-corrected chi connectivity index (χ2v) is 5.79. The molecule has 0 aliphatic rings. The fourth-order valence-electron chi connectivity index (χ4n) is 1.52. The van der Waals surface area contributed by atoms with Crippen LogP contribution in [0.1, 0.15) is 26.7 Å². The molecular weight excluding hydrogens is 258 g/mol. The van der Waals surface area contributed by atoms with Crippen molar-refractivity contribution in [3.05, 3.63) is 0 Å². The summed E-state index contributed by atoms with van der Waals surface area (Å²) in [6, 6.07) is 0.459. The largest absolute Gasteiger partial charge is 0.481 e. The second-order valence-electron chi connectivity index (χ2n) is 3.61. The third-order valence-corrected chi connectivity index (χ3v) is 4.64. The summed E-state index contributed by atoms with van der Waals surface area (Å²) in [6.45, 7) is 4.29. The van der Waals surface area contributed by atoms with Gasteiger partial charge >= 0.3 is 5.97 Å². The number of hydrogen-bond donors (Lipinski definition) is 1. The molecule has 1 rings (SSSR count). The van der Waals surface area contributed by atoms with Crippen molar-refractivity contribution in [2.24, 2.45) is 0 Å². The normalized spacial score (nSPS) is 10.8. The minimum absolute atomic E-state index is 0.0311. The van der Waals surface area contributed by atoms with Gasteiger partial charge < -0.3 is 10.0 Å². The molecule has 1 N–H and O–H groups in total. The summed E-state index contributed by atoms with van der Waals surface area (Å²) in [4.78, 5) is 12.6. The third kappa shape index (κ3) is 4.16. The van der Waals surface area contributed by atoms with Crippen molar-refractivity contribution in [1.82, 2.24) is 10.2 Å². The fourth-order valence-corrected chi connectivity index (χ4v) is 3.11. The molecule has 1 aromatic heterocycles. The first-order valence-electron chi connectivity index (χ1n) is 5.49. The highest BCUT2D eigenvalue weighted by molar-refractivity contribution is 8.01. The van der Waals surface area contributed by atoms with E-state index in [4.69, 9.17) is 5.11 Å². The quantitative estimate of drug-likeness (QED) is 0.770. The van der Waals surface area contributed by atoms with Gasteiger partial charge in [-0.3, -0.25) is 4.79 Å². The molecule has 0 atom stereocenters. The monoisotopic (exact) mass is 275 g/mol. The Morgan fingerprint density at radius 3 is 2.65 bits per heavy atom. The van der Waals surface area contributed by atoms with E-state index in [0.717, 1.165) is 18.0 Å². The SMILES string of the molecule is CCC(CC)N(C)c1nnc(SCC(=O)O)s1. The van der Waals surface area contributed by atoms with Gasteiger partial charge in [0.05, 0.1) is 5.75 Å². The van der Waals surface area contributed by atoms with Crippen LogP contribution in [-0.2, 0) is 4.79 Å². The topological polar surface area (TPSA) is 66.3 Å². The average molecular weight is 275 g/mol. The standard InChI is InChI=1S/C10H17N3O2S2/c1-4-7(5-2)13(3)9-11-12-10(17-9)16-6-8(14)15/h7H,4-6H2,1-3H3,(H,14,15). The lowest BCUT2D eigenvalue weighted by molar-refractivity contribution is -0.133. The van der Waals surface area contributed by atoms with Crippen molar-refractivity contribution < 1.29 is 9.90 Å². The van der Waals surface area contributed by atoms with Gasteiger partial charge in [-0.05, 0) is 12.8 Å². The molecule has 0 aliphatic heterocycles. The number of carboxylic acids is 1. The molecule has 7 heteroatoms. The van der Waals surface area contributed by atoms with Crippen LogP contribution < -0.4 is 4.90 Å². The summed E-state index contributed by atoms with van der Waals surface area (Å²) in [6.07, 6.45) is 2.12. The molecule has 0 spiro atoms. The molecule has 0 aliphatic carbocycles. The number of nitrogens with zero attached hydrogens (tertiary/aromatic N) is 3. The molecule has 1 heterocycles. The lowest BCUT2D eigenvalue weighted by Crippen LogP contribution is -2.30. The van der Waals surface area contributed by atoms with Crippen LogP contribution in [-0.4, -0.2) is 40.1 Å². The Balaban J connectivity index is 2.63. The number of thioether (sulfide) groups is 1. The first-order chi connectivity index (χ1) is 8.08. The number of aliphatic carboxylic acids is 1. The molecule has 0 unspecified atom stereocenters. The highest BCUT2D eigenvalue weighted by atomic mass is 32.2. The van der Waals surface area contributed by atoms with Gasteiger partial charge in [0, 0.05) is 13.1 Å². The Morgan fingerprint density at radius 1 is 1.47 bits per heavy atom. The van der Waals surface area contributed by atoms with E-state index >= 15 is 0 Å². The highest BCUT2D eigenvalue weighted by Gasteiger charge is 2.16. The van der Waals surface area contributed by atoms with Crippen molar-refractivity contribution in [2.75, 3.05) is 17.7 Å². The molecule has 96 valence electrons. The maximum absolute atomic E-state index is 10.4. The van der Waals surface area contributed by atoms with E-state index in [2.05, 4.69) is 28.9 Å². The fraction of sp³-hybridized carbons (Fsp3) is 0.700. The minimum Gasteiger partial charge on any atom is -0.481 e. The van der Waals surface area contributed by atoms with E-state index < -0.39 is 5.97 Å². The number of aromatic nitrogens is 2. The molecule has 5 nitrogen and oxygen atoms in total. The van der Waals surface area contributed by atoms with E-state index in [1.807, 2.05) is 7.05 Å². The Bertz CT molecular complexity index is 366. The van der Waals surface area contributed by atoms with E-state index in [0.29, 0.717) is 10.4 Å². The summed E-state index contributed by atoms with van der Waals surface area (Å²) in [7, 11) is 2.00. The van der Waals surface area contributed by atoms with Gasteiger partial charge in [0.1, 0.15) is 0 Å². The molecule has 0 aromatic carbocycles. The van der Waals surface area contributed by atoms with Crippen LogP contribution in [0, 0.1) is 0 Å². The van der Waals surface area contributed by atoms with Crippen molar-refractivity contribution in [3.63, 3.8) is 0 Å². The summed E-state index contributed by atoms with van der Waals surface area (Å²) in [5.41, 5.74) is 0. The molecule has 0 radical (unpaired) electrons. The third-order valence-electron chi connectivity index (χ3n) is 2.51. The van der Waals surface area contributed by atoms with E-state index in [9.17, 15) is 4.79 Å². The van der Waals surface area contributed by atoms with Crippen LogP contribution in [0.5, 0.6) is 0 Å². The Hall–Kier alpha value is -0.820. The number of rotatable bonds is 7. The summed E-state index contributed by atoms with van der Waals surface area (Å²) in [5.74, 6) is -0.802. The molecule has 0 saturated carbocycles. The van der Waals surface area contributed by atoms with Crippen LogP contribution in [0.2, 0.25) is 0 Å². The van der Waals surface area contributed by atoms with Crippen LogP contribution in [0.15, 0.2) is 4.34 Å². The van der Waals surface area contributed by atoms with E-state index in [1.54, 1.807) is 0 Å². The smallest absolute Gasteiger partial charge is 0.313 e. The zero-order valence-electron chi connectivity index (χ0n) is 10.2. The molecule has 0 amide bonds. The molecule has 0 saturated heterocycles. The minimum atomic E-state index is -0.833. The first kappa shape index (κ1) is 14.2. The summed E-state index contributed by atoms with van der Waals surface area (Å²) >= 11 is 2.66. The second kappa shape index (κ2) is 6.80. The number of hydrogen-bond acceptors (Lipinski definition) is 6. The Morgan fingerprint density at radius 2 is 2.12 bits per heavy atom. The van der Waals surface area contributed by atoms with Crippen molar-refractivity contribution in [3.8, 4) is 0 Å². The predicted molar refractivity (Wildman–Crippen MR) is 71.0 cm³/mol. The number of carboxylic acid groups (broad SMARTS) is 1. The lowest BCUT2D eigenvalue weighted by atomic mass is 10.1. The molecule has 1 aromatic rings. The van der Waals surface area contributed by atoms with Gasteiger partial charge in [0.2, 0.25) is 5.13 Å². The molecule has 17 heavy (non-hydrogen) atoms. The van der Waals surface area contributed by atoms with Crippen LogP contribution in [0.3, 0.4) is 0 Å². The zero-order chi connectivity index (χ0) is 12.8. The lowest BCUT2D eigenvalue weighted by Gasteiger charge is -2.24. The number of carbonyl (C=O) groups is 1.